The van der Waals surface area contributed by atoms with E-state index < -0.39 is 11.5 Å². The number of hydrogen-bond donors (Lipinski definition) is 2. The number of H-pyrrole nitrogens is 1. The second-order valence-electron chi connectivity index (χ2n) is 6.77. The van der Waals surface area contributed by atoms with E-state index in [1.807, 2.05) is 6.07 Å². The molecule has 0 fully saturated rings. The molecule has 0 unspecified atom stereocenters. The van der Waals surface area contributed by atoms with Crippen molar-refractivity contribution in [2.45, 2.75) is 0 Å². The Bertz CT molecular complexity index is 1320. The number of carbonyl (C=O) groups excluding carboxylic acids is 1. The smallest absolute Gasteiger partial charge is 0.343 e. The first-order valence-electron chi connectivity index (χ1n) is 9.90. The number of aromatic nitrogens is 3. The van der Waals surface area contributed by atoms with Crippen LogP contribution in [0.4, 0.5) is 5.95 Å². The second-order valence-corrected chi connectivity index (χ2v) is 6.77. The first-order valence-corrected chi connectivity index (χ1v) is 9.90. The average Bonchev–Trinajstić information content (AvgIpc) is 2.86. The van der Waals surface area contributed by atoms with Gasteiger partial charge in [-0.15, -0.1) is 10.2 Å². The number of hydrogen-bond acceptors (Lipinski definition) is 8. The molecule has 0 aliphatic rings. The summed E-state index contributed by atoms with van der Waals surface area (Å²) in [6, 6.07) is 22.5. The van der Waals surface area contributed by atoms with Crippen LogP contribution in [-0.2, 0) is 0 Å². The summed E-state index contributed by atoms with van der Waals surface area (Å²) in [5, 5.41) is 12.0. The van der Waals surface area contributed by atoms with Crippen LogP contribution >= 0.6 is 0 Å². The number of esters is 1. The quantitative estimate of drug-likeness (QED) is 0.195. The minimum absolute atomic E-state index is 0.0990. The number of carbonyl (C=O) groups is 1. The molecule has 3 aromatic carbocycles. The second kappa shape index (κ2) is 10.0. The van der Waals surface area contributed by atoms with Crippen molar-refractivity contribution >= 4 is 18.1 Å². The Kier molecular flexibility index (Phi) is 6.51. The molecule has 33 heavy (non-hydrogen) atoms. The van der Waals surface area contributed by atoms with Crippen molar-refractivity contribution in [1.82, 2.24) is 15.2 Å². The summed E-state index contributed by atoms with van der Waals surface area (Å²) in [5.74, 6) is 0.762. The van der Waals surface area contributed by atoms with Gasteiger partial charge in [0.15, 0.2) is 5.69 Å². The van der Waals surface area contributed by atoms with Crippen molar-refractivity contribution in [3.05, 3.63) is 100 Å². The lowest BCUT2D eigenvalue weighted by atomic mass is 10.1. The number of nitrogens with zero attached hydrogens (tertiary/aromatic N) is 3. The van der Waals surface area contributed by atoms with E-state index in [2.05, 4.69) is 25.7 Å². The standard InChI is InChI=1S/C24H19N5O4/c1-32-19-13-9-17(10-14-19)21-22(30)26-24(29-27-21)28-25-15-16-7-11-20(12-8-16)33-23(31)18-5-3-2-4-6-18/h2-15H,1H3,(H2,26,28,29,30)/b25-15+. The van der Waals surface area contributed by atoms with E-state index in [0.717, 1.165) is 5.56 Å². The maximum absolute atomic E-state index is 12.3. The van der Waals surface area contributed by atoms with E-state index in [0.29, 0.717) is 22.6 Å². The van der Waals surface area contributed by atoms with Crippen molar-refractivity contribution in [2.24, 2.45) is 5.10 Å². The number of rotatable bonds is 7. The minimum Gasteiger partial charge on any atom is -0.497 e. The number of nitrogens with one attached hydrogen (secondary N) is 2. The van der Waals surface area contributed by atoms with Crippen molar-refractivity contribution in [2.75, 3.05) is 12.5 Å². The molecule has 2 N–H and O–H groups in total. The Morgan fingerprint density at radius 3 is 2.30 bits per heavy atom. The Morgan fingerprint density at radius 2 is 1.64 bits per heavy atom. The van der Waals surface area contributed by atoms with Gasteiger partial charge in [0.25, 0.3) is 5.56 Å². The van der Waals surface area contributed by atoms with Gasteiger partial charge >= 0.3 is 5.97 Å². The zero-order chi connectivity index (χ0) is 23.0. The third kappa shape index (κ3) is 5.47. The highest BCUT2D eigenvalue weighted by Crippen LogP contribution is 2.17. The van der Waals surface area contributed by atoms with E-state index in [9.17, 15) is 9.59 Å². The third-order valence-electron chi connectivity index (χ3n) is 4.54. The van der Waals surface area contributed by atoms with Crippen LogP contribution in [-0.4, -0.2) is 34.5 Å². The van der Waals surface area contributed by atoms with Crippen molar-refractivity contribution < 1.29 is 14.3 Å². The van der Waals surface area contributed by atoms with Gasteiger partial charge in [0.1, 0.15) is 11.5 Å². The largest absolute Gasteiger partial charge is 0.497 e. The summed E-state index contributed by atoms with van der Waals surface area (Å²) in [5.41, 5.74) is 4.25. The molecule has 0 aliphatic heterocycles. The molecule has 0 radical (unpaired) electrons. The molecule has 0 saturated carbocycles. The number of methoxy groups -OCH3 is 1. The molecule has 4 aromatic rings. The van der Waals surface area contributed by atoms with Crippen molar-refractivity contribution in [3.63, 3.8) is 0 Å². The van der Waals surface area contributed by atoms with Crippen LogP contribution in [0.15, 0.2) is 88.8 Å². The maximum Gasteiger partial charge on any atom is 0.343 e. The maximum atomic E-state index is 12.3. The summed E-state index contributed by atoms with van der Waals surface area (Å²) in [4.78, 5) is 27.0. The van der Waals surface area contributed by atoms with Gasteiger partial charge < -0.3 is 9.47 Å². The van der Waals surface area contributed by atoms with Crippen LogP contribution in [0.5, 0.6) is 11.5 Å². The molecule has 0 spiro atoms. The number of aromatic amines is 1. The molecule has 164 valence electrons. The fourth-order valence-electron chi connectivity index (χ4n) is 2.86. The summed E-state index contributed by atoms with van der Waals surface area (Å²) < 4.78 is 10.4. The number of ether oxygens (including phenoxy) is 2. The molecule has 9 nitrogen and oxygen atoms in total. The number of anilines is 1. The number of hydrazone groups is 1. The van der Waals surface area contributed by atoms with Crippen LogP contribution < -0.4 is 20.5 Å². The Balaban J connectivity index is 1.36. The van der Waals surface area contributed by atoms with E-state index >= 15 is 0 Å². The van der Waals surface area contributed by atoms with E-state index in [1.165, 1.54) is 6.21 Å². The zero-order valence-electron chi connectivity index (χ0n) is 17.6. The van der Waals surface area contributed by atoms with E-state index in [1.54, 1.807) is 79.9 Å². The van der Waals surface area contributed by atoms with Gasteiger partial charge in [0.05, 0.1) is 18.9 Å². The van der Waals surface area contributed by atoms with Crippen LogP contribution in [0.1, 0.15) is 15.9 Å². The summed E-state index contributed by atoms with van der Waals surface area (Å²) in [6.45, 7) is 0. The molecule has 0 aliphatic carbocycles. The van der Waals surface area contributed by atoms with Gasteiger partial charge in [-0.25, -0.2) is 10.2 Å². The molecule has 0 atom stereocenters. The normalized spacial score (nSPS) is 10.7. The molecular weight excluding hydrogens is 422 g/mol. The van der Waals surface area contributed by atoms with Gasteiger partial charge in [0.2, 0.25) is 5.95 Å². The lowest BCUT2D eigenvalue weighted by Crippen LogP contribution is -2.15. The first-order chi connectivity index (χ1) is 16.1. The zero-order valence-corrected chi connectivity index (χ0v) is 17.6. The highest BCUT2D eigenvalue weighted by atomic mass is 16.5. The highest BCUT2D eigenvalue weighted by Gasteiger charge is 2.08. The molecule has 4 rings (SSSR count). The molecule has 0 amide bonds. The summed E-state index contributed by atoms with van der Waals surface area (Å²) in [6.07, 6.45) is 1.53. The van der Waals surface area contributed by atoms with Gasteiger partial charge in [-0.2, -0.15) is 5.10 Å². The third-order valence-corrected chi connectivity index (χ3v) is 4.54. The van der Waals surface area contributed by atoms with Gasteiger partial charge in [-0.1, -0.05) is 18.2 Å². The van der Waals surface area contributed by atoms with Gasteiger partial charge in [-0.3, -0.25) is 9.78 Å². The van der Waals surface area contributed by atoms with E-state index in [-0.39, 0.29) is 11.6 Å². The highest BCUT2D eigenvalue weighted by molar-refractivity contribution is 5.91. The SMILES string of the molecule is COc1ccc(-c2nnc(N/N=C/c3ccc(OC(=O)c4ccccc4)cc3)[nH]c2=O)cc1. The van der Waals surface area contributed by atoms with Crippen LogP contribution in [0, 0.1) is 0 Å². The Hall–Kier alpha value is -4.79. The molecule has 1 aromatic heterocycles. The molecule has 0 bridgehead atoms. The topological polar surface area (TPSA) is 119 Å². The lowest BCUT2D eigenvalue weighted by Gasteiger charge is -2.04. The monoisotopic (exact) mass is 441 g/mol. The summed E-state index contributed by atoms with van der Waals surface area (Å²) in [7, 11) is 1.57. The predicted molar refractivity (Wildman–Crippen MR) is 124 cm³/mol. The van der Waals surface area contributed by atoms with Crippen LogP contribution in [0.3, 0.4) is 0 Å². The van der Waals surface area contributed by atoms with Crippen LogP contribution in [0.2, 0.25) is 0 Å². The van der Waals surface area contributed by atoms with E-state index in [4.69, 9.17) is 9.47 Å². The Labute approximate surface area is 188 Å². The molecule has 9 heteroatoms. The summed E-state index contributed by atoms with van der Waals surface area (Å²) >= 11 is 0. The predicted octanol–water partition coefficient (Wildman–Crippen LogP) is 3.51. The van der Waals surface area contributed by atoms with Gasteiger partial charge in [0, 0.05) is 5.56 Å². The lowest BCUT2D eigenvalue weighted by molar-refractivity contribution is 0.0734. The van der Waals surface area contributed by atoms with Crippen molar-refractivity contribution in [3.8, 4) is 22.8 Å². The average molecular weight is 441 g/mol. The van der Waals surface area contributed by atoms with Gasteiger partial charge in [-0.05, 0) is 66.2 Å². The first kappa shape index (κ1) is 21.4. The molecule has 1 heterocycles. The number of benzene rings is 3. The fourth-order valence-corrected chi connectivity index (χ4v) is 2.86. The Morgan fingerprint density at radius 1 is 0.939 bits per heavy atom. The van der Waals surface area contributed by atoms with Crippen molar-refractivity contribution in [1.29, 1.82) is 0 Å². The molecule has 0 saturated heterocycles. The minimum atomic E-state index is -0.431. The fraction of sp³-hybridized carbons (Fsp3) is 0.0417. The van der Waals surface area contributed by atoms with Crippen LogP contribution in [0.25, 0.3) is 11.3 Å². The molecular formula is C24H19N5O4.